The number of hydrogen-bond donors (Lipinski definition) is 1. The molecule has 0 aromatic heterocycles. The van der Waals surface area contributed by atoms with Crippen molar-refractivity contribution in [2.24, 2.45) is 0 Å². The zero-order chi connectivity index (χ0) is 16.1. The highest BCUT2D eigenvalue weighted by atomic mass is 16.2. The highest BCUT2D eigenvalue weighted by molar-refractivity contribution is 4.50. The first-order chi connectivity index (χ1) is 10.9. The van der Waals surface area contributed by atoms with Gasteiger partial charge in [0, 0.05) is 6.61 Å². The highest BCUT2D eigenvalue weighted by Crippen LogP contribution is 2.14. The fourth-order valence-corrected chi connectivity index (χ4v) is 3.12. The molecule has 0 heterocycles. The van der Waals surface area contributed by atoms with Gasteiger partial charge in [-0.15, -0.1) is 0 Å². The van der Waals surface area contributed by atoms with Crippen LogP contribution in [0.2, 0.25) is 0 Å². The Morgan fingerprint density at radius 2 is 0.591 bits per heavy atom. The van der Waals surface area contributed by atoms with E-state index in [0.29, 0.717) is 6.61 Å². The van der Waals surface area contributed by atoms with Gasteiger partial charge in [0.05, 0.1) is 0 Å². The molecule has 0 bridgehead atoms. The summed E-state index contributed by atoms with van der Waals surface area (Å²) in [7, 11) is 0. The molecule has 0 aliphatic heterocycles. The van der Waals surface area contributed by atoms with Crippen LogP contribution in [-0.2, 0) is 0 Å². The summed E-state index contributed by atoms with van der Waals surface area (Å²) < 4.78 is 0. The van der Waals surface area contributed by atoms with Gasteiger partial charge < -0.3 is 5.11 Å². The minimum Gasteiger partial charge on any atom is -0.396 e. The number of rotatable bonds is 19. The maximum absolute atomic E-state index is 8.70. The SMILES string of the molecule is [CH2]CCCCCCCCCCCCCCCCCCCCO. The first kappa shape index (κ1) is 22.0. The fraction of sp³-hybridized carbons (Fsp3) is 0.952. The lowest BCUT2D eigenvalue weighted by Gasteiger charge is -2.03. The summed E-state index contributed by atoms with van der Waals surface area (Å²) in [6.07, 6.45) is 26.0. The van der Waals surface area contributed by atoms with Crippen molar-refractivity contribution in [3.63, 3.8) is 0 Å². The van der Waals surface area contributed by atoms with Gasteiger partial charge in [0.1, 0.15) is 0 Å². The third kappa shape index (κ3) is 20.0. The summed E-state index contributed by atoms with van der Waals surface area (Å²) in [4.78, 5) is 0. The van der Waals surface area contributed by atoms with Crippen LogP contribution in [0.25, 0.3) is 0 Å². The Morgan fingerprint density at radius 1 is 0.364 bits per heavy atom. The highest BCUT2D eigenvalue weighted by Gasteiger charge is 1.94. The van der Waals surface area contributed by atoms with Gasteiger partial charge in [0.15, 0.2) is 0 Å². The molecule has 0 spiro atoms. The van der Waals surface area contributed by atoms with Crippen LogP contribution in [0.1, 0.15) is 122 Å². The number of unbranched alkanes of at least 4 members (excludes halogenated alkanes) is 18. The third-order valence-corrected chi connectivity index (χ3v) is 4.66. The monoisotopic (exact) mass is 311 g/mol. The van der Waals surface area contributed by atoms with Gasteiger partial charge >= 0.3 is 0 Å². The fourth-order valence-electron chi connectivity index (χ4n) is 3.12. The van der Waals surface area contributed by atoms with E-state index in [4.69, 9.17) is 5.11 Å². The minimum absolute atomic E-state index is 0.372. The van der Waals surface area contributed by atoms with Crippen molar-refractivity contribution in [3.05, 3.63) is 6.92 Å². The predicted molar refractivity (Wildman–Crippen MR) is 100 cm³/mol. The van der Waals surface area contributed by atoms with E-state index in [-0.39, 0.29) is 0 Å². The number of aliphatic hydroxyl groups excluding tert-OH is 1. The van der Waals surface area contributed by atoms with Crippen LogP contribution in [0.5, 0.6) is 0 Å². The summed E-state index contributed by atoms with van der Waals surface area (Å²) in [6.45, 7) is 4.26. The van der Waals surface area contributed by atoms with Crippen molar-refractivity contribution < 1.29 is 5.11 Å². The van der Waals surface area contributed by atoms with Gasteiger partial charge in [-0.05, 0) is 6.42 Å². The topological polar surface area (TPSA) is 20.2 Å². The van der Waals surface area contributed by atoms with E-state index in [0.717, 1.165) is 12.8 Å². The zero-order valence-corrected chi connectivity index (χ0v) is 15.3. The molecule has 0 saturated heterocycles. The van der Waals surface area contributed by atoms with Gasteiger partial charge in [-0.25, -0.2) is 0 Å². The Morgan fingerprint density at radius 3 is 0.818 bits per heavy atom. The molecule has 0 aromatic rings. The van der Waals surface area contributed by atoms with Crippen LogP contribution in [0.3, 0.4) is 0 Å². The average Bonchev–Trinajstić information content (AvgIpc) is 2.54. The molecular formula is C21H43O. The molecule has 22 heavy (non-hydrogen) atoms. The number of hydrogen-bond acceptors (Lipinski definition) is 1. The molecule has 1 nitrogen and oxygen atoms in total. The molecule has 0 unspecified atom stereocenters. The largest absolute Gasteiger partial charge is 0.396 e. The quantitative estimate of drug-likeness (QED) is 0.249. The summed E-state index contributed by atoms with van der Waals surface area (Å²) in [6, 6.07) is 0. The second-order valence-corrected chi connectivity index (χ2v) is 6.94. The molecule has 0 amide bonds. The molecule has 1 N–H and O–H groups in total. The molecule has 0 aliphatic rings. The molecule has 1 radical (unpaired) electrons. The van der Waals surface area contributed by atoms with E-state index in [2.05, 4.69) is 6.92 Å². The second kappa shape index (κ2) is 21.0. The maximum atomic E-state index is 8.70. The Bertz CT molecular complexity index is 159. The lowest BCUT2D eigenvalue weighted by atomic mass is 10.0. The molecule has 0 rings (SSSR count). The Labute approximate surface area is 141 Å². The first-order valence-corrected chi connectivity index (χ1v) is 10.3. The predicted octanol–water partition coefficient (Wildman–Crippen LogP) is 7.22. The maximum Gasteiger partial charge on any atom is 0.0431 e. The van der Waals surface area contributed by atoms with Crippen molar-refractivity contribution in [1.82, 2.24) is 0 Å². The van der Waals surface area contributed by atoms with E-state index in [1.165, 1.54) is 109 Å². The van der Waals surface area contributed by atoms with Crippen LogP contribution < -0.4 is 0 Å². The van der Waals surface area contributed by atoms with Crippen LogP contribution in [-0.4, -0.2) is 11.7 Å². The molecular weight excluding hydrogens is 268 g/mol. The van der Waals surface area contributed by atoms with E-state index >= 15 is 0 Å². The molecule has 0 aromatic carbocycles. The van der Waals surface area contributed by atoms with Gasteiger partial charge in [-0.3, -0.25) is 0 Å². The van der Waals surface area contributed by atoms with Crippen molar-refractivity contribution >= 4 is 0 Å². The average molecular weight is 312 g/mol. The van der Waals surface area contributed by atoms with Crippen molar-refractivity contribution in [1.29, 1.82) is 0 Å². The molecule has 0 atom stereocenters. The molecule has 1 heteroatoms. The summed E-state index contributed by atoms with van der Waals surface area (Å²) in [5.74, 6) is 0. The van der Waals surface area contributed by atoms with Crippen molar-refractivity contribution in [2.75, 3.05) is 6.61 Å². The normalized spacial score (nSPS) is 11.2. The third-order valence-electron chi connectivity index (χ3n) is 4.66. The lowest BCUT2D eigenvalue weighted by Crippen LogP contribution is -1.85. The molecule has 0 fully saturated rings. The van der Waals surface area contributed by atoms with Crippen LogP contribution in [0.4, 0.5) is 0 Å². The summed E-state index contributed by atoms with van der Waals surface area (Å²) >= 11 is 0. The zero-order valence-electron chi connectivity index (χ0n) is 15.3. The van der Waals surface area contributed by atoms with Gasteiger partial charge in [-0.2, -0.15) is 0 Å². The van der Waals surface area contributed by atoms with Gasteiger partial charge in [0.2, 0.25) is 0 Å². The van der Waals surface area contributed by atoms with Crippen LogP contribution >= 0.6 is 0 Å². The lowest BCUT2D eigenvalue weighted by molar-refractivity contribution is 0.282. The van der Waals surface area contributed by atoms with Crippen LogP contribution in [0, 0.1) is 6.92 Å². The van der Waals surface area contributed by atoms with E-state index in [1.54, 1.807) is 0 Å². The van der Waals surface area contributed by atoms with E-state index in [1.807, 2.05) is 0 Å². The van der Waals surface area contributed by atoms with Crippen molar-refractivity contribution in [3.8, 4) is 0 Å². The molecule has 133 valence electrons. The van der Waals surface area contributed by atoms with Crippen LogP contribution in [0.15, 0.2) is 0 Å². The summed E-state index contributed by atoms with van der Waals surface area (Å²) in [5, 5.41) is 8.70. The summed E-state index contributed by atoms with van der Waals surface area (Å²) in [5.41, 5.74) is 0. The smallest absolute Gasteiger partial charge is 0.0431 e. The van der Waals surface area contributed by atoms with Crippen molar-refractivity contribution in [2.45, 2.75) is 122 Å². The second-order valence-electron chi connectivity index (χ2n) is 6.94. The van der Waals surface area contributed by atoms with Gasteiger partial charge in [0.25, 0.3) is 0 Å². The van der Waals surface area contributed by atoms with Gasteiger partial charge in [-0.1, -0.05) is 122 Å². The van der Waals surface area contributed by atoms with E-state index < -0.39 is 0 Å². The Balaban J connectivity index is 2.91. The number of aliphatic hydroxyl groups is 1. The molecule has 0 saturated carbocycles. The molecule has 0 aliphatic carbocycles. The minimum atomic E-state index is 0.372. The van der Waals surface area contributed by atoms with E-state index in [9.17, 15) is 0 Å². The Kier molecular flexibility index (Phi) is 20.9. The standard InChI is InChI=1S/C21H43O/c1-2-3-4-5-6-7-8-9-10-11-12-13-14-15-16-17-18-19-20-21-22/h22H,1-21H2. The first-order valence-electron chi connectivity index (χ1n) is 10.3. The Hall–Kier alpha value is -0.0400.